The molecule has 2 aromatic rings. The highest BCUT2D eigenvalue weighted by Gasteiger charge is 2.30. The zero-order chi connectivity index (χ0) is 15.3. The molecule has 114 valence electrons. The lowest BCUT2D eigenvalue weighted by molar-refractivity contribution is -0.137. The summed E-state index contributed by atoms with van der Waals surface area (Å²) < 4.78 is 42.9. The lowest BCUT2D eigenvalue weighted by atomic mass is 10.1. The Labute approximate surface area is 120 Å². The van der Waals surface area contributed by atoms with Crippen LogP contribution in [0.25, 0.3) is 11.5 Å². The van der Waals surface area contributed by atoms with Crippen LogP contribution in [0, 0.1) is 0 Å². The van der Waals surface area contributed by atoms with Gasteiger partial charge < -0.3 is 9.73 Å². The predicted molar refractivity (Wildman–Crippen MR) is 71.6 cm³/mol. The van der Waals surface area contributed by atoms with Gasteiger partial charge in [-0.15, -0.1) is 10.2 Å². The van der Waals surface area contributed by atoms with E-state index in [1.54, 1.807) is 0 Å². The van der Waals surface area contributed by atoms with Gasteiger partial charge in [-0.05, 0) is 43.8 Å². The van der Waals surface area contributed by atoms with Gasteiger partial charge in [-0.1, -0.05) is 6.92 Å². The van der Waals surface area contributed by atoms with Gasteiger partial charge in [-0.2, -0.15) is 13.2 Å². The molecule has 1 aromatic heterocycles. The van der Waals surface area contributed by atoms with Crippen molar-refractivity contribution >= 4 is 0 Å². The molecule has 0 radical (unpaired) electrons. The lowest BCUT2D eigenvalue weighted by Gasteiger charge is -2.05. The minimum atomic E-state index is -4.34. The van der Waals surface area contributed by atoms with Gasteiger partial charge in [0.2, 0.25) is 11.8 Å². The Morgan fingerprint density at radius 1 is 1.14 bits per heavy atom. The summed E-state index contributed by atoms with van der Waals surface area (Å²) >= 11 is 0. The van der Waals surface area contributed by atoms with Gasteiger partial charge in [0, 0.05) is 12.0 Å². The maximum Gasteiger partial charge on any atom is 0.416 e. The van der Waals surface area contributed by atoms with Gasteiger partial charge >= 0.3 is 6.18 Å². The second-order valence-electron chi connectivity index (χ2n) is 4.53. The van der Waals surface area contributed by atoms with E-state index in [9.17, 15) is 13.2 Å². The summed E-state index contributed by atoms with van der Waals surface area (Å²) in [5, 5.41) is 10.9. The average molecular weight is 299 g/mol. The van der Waals surface area contributed by atoms with Crippen LogP contribution in [0.15, 0.2) is 28.7 Å². The fourth-order valence-corrected chi connectivity index (χ4v) is 1.81. The molecule has 0 saturated heterocycles. The number of nitrogens with one attached hydrogen (secondary N) is 1. The molecular formula is C14H16F3N3O. The molecule has 0 aliphatic heterocycles. The van der Waals surface area contributed by atoms with Crippen molar-refractivity contribution in [3.8, 4) is 11.5 Å². The van der Waals surface area contributed by atoms with E-state index in [2.05, 4.69) is 15.5 Å². The third-order valence-electron chi connectivity index (χ3n) is 2.92. The largest absolute Gasteiger partial charge is 0.421 e. The van der Waals surface area contributed by atoms with Crippen LogP contribution in [-0.4, -0.2) is 23.3 Å². The maximum absolute atomic E-state index is 12.5. The van der Waals surface area contributed by atoms with E-state index in [1.165, 1.54) is 12.1 Å². The molecular weight excluding hydrogens is 283 g/mol. The van der Waals surface area contributed by atoms with E-state index in [4.69, 9.17) is 4.42 Å². The van der Waals surface area contributed by atoms with Crippen LogP contribution in [0.2, 0.25) is 0 Å². The second-order valence-corrected chi connectivity index (χ2v) is 4.53. The molecule has 0 aliphatic rings. The summed E-state index contributed by atoms with van der Waals surface area (Å²) in [6.45, 7) is 3.78. The van der Waals surface area contributed by atoms with Gasteiger partial charge in [-0.25, -0.2) is 0 Å². The molecule has 1 heterocycles. The first kappa shape index (κ1) is 15.5. The maximum atomic E-state index is 12.5. The molecule has 0 atom stereocenters. The third-order valence-corrected chi connectivity index (χ3v) is 2.92. The molecule has 0 saturated carbocycles. The van der Waals surface area contributed by atoms with Crippen molar-refractivity contribution in [1.29, 1.82) is 0 Å². The summed E-state index contributed by atoms with van der Waals surface area (Å²) in [5.41, 5.74) is -0.218. The molecule has 0 unspecified atom stereocenters. The van der Waals surface area contributed by atoms with Crippen molar-refractivity contribution in [2.24, 2.45) is 0 Å². The molecule has 2 rings (SSSR count). The van der Waals surface area contributed by atoms with E-state index < -0.39 is 11.7 Å². The fraction of sp³-hybridized carbons (Fsp3) is 0.429. The lowest BCUT2D eigenvalue weighted by Crippen LogP contribution is -2.14. The average Bonchev–Trinajstić information content (AvgIpc) is 2.92. The smallest absolute Gasteiger partial charge is 0.416 e. The molecule has 4 nitrogen and oxygen atoms in total. The van der Waals surface area contributed by atoms with Crippen LogP contribution in [0.3, 0.4) is 0 Å². The van der Waals surface area contributed by atoms with E-state index in [1.807, 2.05) is 6.92 Å². The Hall–Kier alpha value is -1.89. The SMILES string of the molecule is CCNCCCc1nnc(-c2ccc(C(F)(F)F)cc2)o1. The van der Waals surface area contributed by atoms with Crippen molar-refractivity contribution in [3.05, 3.63) is 35.7 Å². The number of hydrogen-bond donors (Lipinski definition) is 1. The fourth-order valence-electron chi connectivity index (χ4n) is 1.81. The molecule has 0 spiro atoms. The van der Waals surface area contributed by atoms with Gasteiger partial charge in [0.1, 0.15) is 0 Å². The van der Waals surface area contributed by atoms with Crippen LogP contribution < -0.4 is 5.32 Å². The monoisotopic (exact) mass is 299 g/mol. The third kappa shape index (κ3) is 4.29. The van der Waals surface area contributed by atoms with Crippen molar-refractivity contribution in [1.82, 2.24) is 15.5 Å². The number of rotatable bonds is 6. The molecule has 1 aromatic carbocycles. The van der Waals surface area contributed by atoms with Crippen LogP contribution in [0.5, 0.6) is 0 Å². The summed E-state index contributed by atoms with van der Waals surface area (Å²) in [4.78, 5) is 0. The topological polar surface area (TPSA) is 51.0 Å². The van der Waals surface area contributed by atoms with Crippen LogP contribution in [0.4, 0.5) is 13.2 Å². The Morgan fingerprint density at radius 2 is 1.86 bits per heavy atom. The Balaban J connectivity index is 2.00. The first-order chi connectivity index (χ1) is 10.0. The Morgan fingerprint density at radius 3 is 2.48 bits per heavy atom. The van der Waals surface area contributed by atoms with Crippen LogP contribution >= 0.6 is 0 Å². The zero-order valence-electron chi connectivity index (χ0n) is 11.6. The number of aryl methyl sites for hydroxylation is 1. The summed E-state index contributed by atoms with van der Waals surface area (Å²) in [7, 11) is 0. The number of alkyl halides is 3. The minimum absolute atomic E-state index is 0.238. The number of benzene rings is 1. The molecule has 7 heteroatoms. The Bertz CT molecular complexity index is 564. The van der Waals surface area contributed by atoms with Crippen molar-refractivity contribution in [3.63, 3.8) is 0 Å². The normalized spacial score (nSPS) is 11.8. The van der Waals surface area contributed by atoms with E-state index in [-0.39, 0.29) is 5.89 Å². The molecule has 0 aliphatic carbocycles. The minimum Gasteiger partial charge on any atom is -0.421 e. The van der Waals surface area contributed by atoms with Gasteiger partial charge in [0.15, 0.2) is 0 Å². The molecule has 0 amide bonds. The highest BCUT2D eigenvalue weighted by atomic mass is 19.4. The van der Waals surface area contributed by atoms with Crippen molar-refractivity contribution in [2.45, 2.75) is 25.9 Å². The summed E-state index contributed by atoms with van der Waals surface area (Å²) in [6, 6.07) is 4.67. The van der Waals surface area contributed by atoms with E-state index in [0.717, 1.165) is 31.6 Å². The van der Waals surface area contributed by atoms with Crippen molar-refractivity contribution in [2.75, 3.05) is 13.1 Å². The first-order valence-corrected chi connectivity index (χ1v) is 6.71. The van der Waals surface area contributed by atoms with E-state index >= 15 is 0 Å². The van der Waals surface area contributed by atoms with Gasteiger partial charge in [-0.3, -0.25) is 0 Å². The van der Waals surface area contributed by atoms with Gasteiger partial charge in [0.05, 0.1) is 5.56 Å². The molecule has 0 fully saturated rings. The quantitative estimate of drug-likeness (QED) is 0.832. The van der Waals surface area contributed by atoms with Crippen LogP contribution in [0.1, 0.15) is 24.8 Å². The molecule has 0 bridgehead atoms. The Kier molecular flexibility index (Phi) is 4.95. The van der Waals surface area contributed by atoms with Crippen LogP contribution in [-0.2, 0) is 12.6 Å². The highest BCUT2D eigenvalue weighted by Crippen LogP contribution is 2.30. The van der Waals surface area contributed by atoms with Crippen molar-refractivity contribution < 1.29 is 17.6 Å². The summed E-state index contributed by atoms with van der Waals surface area (Å²) in [6.07, 6.45) is -2.84. The zero-order valence-corrected chi connectivity index (χ0v) is 11.6. The predicted octanol–water partition coefficient (Wildman–Crippen LogP) is 3.30. The number of hydrogen-bond acceptors (Lipinski definition) is 4. The number of aromatic nitrogens is 2. The molecule has 1 N–H and O–H groups in total. The number of halogens is 3. The first-order valence-electron chi connectivity index (χ1n) is 6.71. The molecule has 21 heavy (non-hydrogen) atoms. The van der Waals surface area contributed by atoms with Gasteiger partial charge in [0.25, 0.3) is 0 Å². The highest BCUT2D eigenvalue weighted by molar-refractivity contribution is 5.53. The second kappa shape index (κ2) is 6.71. The summed E-state index contributed by atoms with van der Waals surface area (Å²) in [5.74, 6) is 0.727. The standard InChI is InChI=1S/C14H16F3N3O/c1-2-18-9-3-4-12-19-20-13(21-12)10-5-7-11(8-6-10)14(15,16)17/h5-8,18H,2-4,9H2,1H3. The van der Waals surface area contributed by atoms with E-state index in [0.29, 0.717) is 17.9 Å². The number of nitrogens with zero attached hydrogens (tertiary/aromatic N) is 2.